The zero-order valence-corrected chi connectivity index (χ0v) is 6.57. The number of rotatable bonds is 2. The molecule has 0 aromatic carbocycles. The fraction of sp³-hybridized carbons (Fsp3) is 0.333. The van der Waals surface area contributed by atoms with Gasteiger partial charge in [0.25, 0.3) is 0 Å². The lowest BCUT2D eigenvalue weighted by atomic mass is 11.2. The Balaban J connectivity index is 0. The van der Waals surface area contributed by atoms with Crippen molar-refractivity contribution in [2.75, 3.05) is 0 Å². The van der Waals surface area contributed by atoms with Crippen molar-refractivity contribution in [1.82, 2.24) is 0 Å². The summed E-state index contributed by atoms with van der Waals surface area (Å²) in [4.78, 5) is 0. The van der Waals surface area contributed by atoms with Crippen molar-refractivity contribution in [3.63, 3.8) is 0 Å². The van der Waals surface area contributed by atoms with Crippen molar-refractivity contribution in [2.45, 2.75) is 13.1 Å². The molecule has 0 rings (SSSR count). The van der Waals surface area contributed by atoms with Crippen LogP contribution in [0.4, 0.5) is 0 Å². The predicted octanol–water partition coefficient (Wildman–Crippen LogP) is 1.32. The van der Waals surface area contributed by atoms with Gasteiger partial charge in [-0.15, -0.1) is 13.2 Å². The van der Waals surface area contributed by atoms with Crippen molar-refractivity contribution >= 4 is 8.07 Å². The molecule has 0 atom stereocenters. The van der Waals surface area contributed by atoms with Crippen molar-refractivity contribution in [2.24, 2.45) is 0 Å². The first-order valence-corrected chi connectivity index (χ1v) is 5.55. The monoisotopic (exact) mass is 130 g/mol. The molecule has 0 saturated heterocycles. The van der Waals surface area contributed by atoms with E-state index in [1.807, 2.05) is 11.4 Å². The maximum Gasteiger partial charge on any atom is 0.0942 e. The smallest absolute Gasteiger partial charge is 0.0942 e. The minimum atomic E-state index is -1.12. The van der Waals surface area contributed by atoms with Crippen LogP contribution in [0.25, 0.3) is 0 Å². The van der Waals surface area contributed by atoms with Gasteiger partial charge in [-0.3, -0.25) is 0 Å². The lowest BCUT2D eigenvalue weighted by Gasteiger charge is -2.07. The molecule has 1 nitrogen and oxygen atoms in total. The molecule has 0 aromatic rings. The first-order valence-electron chi connectivity index (χ1n) is 2.39. The summed E-state index contributed by atoms with van der Waals surface area (Å²) in [5, 5.41) is 0. The van der Waals surface area contributed by atoms with Crippen LogP contribution in [-0.4, -0.2) is 13.6 Å². The van der Waals surface area contributed by atoms with Crippen molar-refractivity contribution < 1.29 is 5.48 Å². The molecule has 0 amide bonds. The van der Waals surface area contributed by atoms with Gasteiger partial charge in [-0.2, -0.15) is 0 Å². The Hall–Kier alpha value is -0.343. The Morgan fingerprint density at radius 1 is 1.12 bits per heavy atom. The molecule has 0 unspecified atom stereocenters. The molecule has 0 radical (unpaired) electrons. The van der Waals surface area contributed by atoms with Crippen LogP contribution in [-0.2, 0) is 0 Å². The molecule has 0 saturated carbocycles. The minimum absolute atomic E-state index is 0. The average Bonchev–Trinajstić information content (AvgIpc) is 1.68. The zero-order chi connectivity index (χ0) is 5.91. The van der Waals surface area contributed by atoms with Crippen LogP contribution in [0.5, 0.6) is 0 Å². The van der Waals surface area contributed by atoms with Gasteiger partial charge in [0, 0.05) is 0 Å². The van der Waals surface area contributed by atoms with E-state index in [9.17, 15) is 0 Å². The maximum atomic E-state index is 3.69. The third kappa shape index (κ3) is 3.83. The summed E-state index contributed by atoms with van der Waals surface area (Å²) < 4.78 is 0. The third-order valence-electron chi connectivity index (χ3n) is 1.05. The minimum Gasteiger partial charge on any atom is -0.412 e. The highest BCUT2D eigenvalue weighted by atomic mass is 28.3. The SMILES string of the molecule is C=C[Si](C)(C)C=C.O. The van der Waals surface area contributed by atoms with E-state index < -0.39 is 8.07 Å². The quantitative estimate of drug-likeness (QED) is 0.505. The largest absolute Gasteiger partial charge is 0.412 e. The van der Waals surface area contributed by atoms with Crippen LogP contribution < -0.4 is 0 Å². The van der Waals surface area contributed by atoms with Gasteiger partial charge in [0.05, 0.1) is 8.07 Å². The van der Waals surface area contributed by atoms with Crippen molar-refractivity contribution in [3.05, 3.63) is 24.6 Å². The molecule has 0 bridgehead atoms. The van der Waals surface area contributed by atoms with Crippen molar-refractivity contribution in [3.8, 4) is 0 Å². The highest BCUT2D eigenvalue weighted by Gasteiger charge is 2.07. The Kier molecular flexibility index (Phi) is 4.82. The van der Waals surface area contributed by atoms with Crippen LogP contribution >= 0.6 is 0 Å². The van der Waals surface area contributed by atoms with Crippen LogP contribution in [0.15, 0.2) is 24.6 Å². The molecule has 2 N–H and O–H groups in total. The lowest BCUT2D eigenvalue weighted by Crippen LogP contribution is -2.17. The standard InChI is InChI=1S/C6H12Si.H2O/c1-5-7(3,4)6-2;/h5-6H,1-2H2,3-4H3;1H2. The maximum absolute atomic E-state index is 3.69. The van der Waals surface area contributed by atoms with Crippen LogP contribution in [0.3, 0.4) is 0 Å². The topological polar surface area (TPSA) is 31.5 Å². The number of hydrogen-bond acceptors (Lipinski definition) is 0. The molecule has 0 heterocycles. The zero-order valence-electron chi connectivity index (χ0n) is 5.57. The predicted molar refractivity (Wildman–Crippen MR) is 41.5 cm³/mol. The fourth-order valence-corrected chi connectivity index (χ4v) is 0.250. The Bertz CT molecular complexity index is 76.5. The molecule has 0 fully saturated rings. The second-order valence-electron chi connectivity index (χ2n) is 2.23. The normalized spacial score (nSPS) is 9.25. The average molecular weight is 130 g/mol. The van der Waals surface area contributed by atoms with E-state index in [1.165, 1.54) is 0 Å². The Morgan fingerprint density at radius 3 is 1.38 bits per heavy atom. The second-order valence-corrected chi connectivity index (χ2v) is 6.69. The van der Waals surface area contributed by atoms with E-state index >= 15 is 0 Å². The molecule has 0 aliphatic carbocycles. The summed E-state index contributed by atoms with van der Waals surface area (Å²) in [6, 6.07) is 0. The number of hydrogen-bond donors (Lipinski definition) is 0. The van der Waals surface area contributed by atoms with Gasteiger partial charge in [-0.25, -0.2) is 0 Å². The van der Waals surface area contributed by atoms with Crippen LogP contribution in [0.1, 0.15) is 0 Å². The third-order valence-corrected chi connectivity index (χ3v) is 3.16. The molecular weight excluding hydrogens is 116 g/mol. The van der Waals surface area contributed by atoms with Gasteiger partial charge < -0.3 is 5.48 Å². The first kappa shape index (κ1) is 10.6. The molecular formula is C6H14OSi. The molecule has 0 aliphatic heterocycles. The lowest BCUT2D eigenvalue weighted by molar-refractivity contribution is 0.824. The van der Waals surface area contributed by atoms with E-state index in [-0.39, 0.29) is 5.48 Å². The highest BCUT2D eigenvalue weighted by molar-refractivity contribution is 6.86. The van der Waals surface area contributed by atoms with Gasteiger partial charge in [0.15, 0.2) is 0 Å². The summed E-state index contributed by atoms with van der Waals surface area (Å²) in [6.45, 7) is 11.8. The molecule has 0 spiro atoms. The van der Waals surface area contributed by atoms with Gasteiger partial charge in [0.2, 0.25) is 0 Å². The first-order chi connectivity index (χ1) is 3.12. The van der Waals surface area contributed by atoms with Gasteiger partial charge in [-0.1, -0.05) is 24.5 Å². The van der Waals surface area contributed by atoms with E-state index in [0.717, 1.165) is 0 Å². The Morgan fingerprint density at radius 2 is 1.38 bits per heavy atom. The molecule has 8 heavy (non-hydrogen) atoms. The summed E-state index contributed by atoms with van der Waals surface area (Å²) in [7, 11) is -1.12. The molecule has 0 aliphatic rings. The molecule has 2 heteroatoms. The van der Waals surface area contributed by atoms with Crippen LogP contribution in [0.2, 0.25) is 13.1 Å². The van der Waals surface area contributed by atoms with E-state index in [4.69, 9.17) is 0 Å². The highest BCUT2D eigenvalue weighted by Crippen LogP contribution is 2.01. The fourth-order valence-electron chi connectivity index (χ4n) is 0.0833. The van der Waals surface area contributed by atoms with E-state index in [1.54, 1.807) is 0 Å². The molecule has 0 aromatic heterocycles. The van der Waals surface area contributed by atoms with Crippen molar-refractivity contribution in [1.29, 1.82) is 0 Å². The second kappa shape index (κ2) is 3.63. The summed E-state index contributed by atoms with van der Waals surface area (Å²) in [6.07, 6.45) is 0. The summed E-state index contributed by atoms with van der Waals surface area (Å²) in [5.74, 6) is 0. The summed E-state index contributed by atoms with van der Waals surface area (Å²) >= 11 is 0. The van der Waals surface area contributed by atoms with Gasteiger partial charge >= 0.3 is 0 Å². The van der Waals surface area contributed by atoms with E-state index in [0.29, 0.717) is 0 Å². The Labute approximate surface area is 52.0 Å². The van der Waals surface area contributed by atoms with Gasteiger partial charge in [0.1, 0.15) is 0 Å². The van der Waals surface area contributed by atoms with Gasteiger partial charge in [-0.05, 0) is 0 Å². The van der Waals surface area contributed by atoms with Crippen LogP contribution in [0, 0.1) is 0 Å². The van der Waals surface area contributed by atoms with E-state index in [2.05, 4.69) is 26.3 Å². The molecule has 48 valence electrons. The summed E-state index contributed by atoms with van der Waals surface area (Å²) in [5.41, 5.74) is 4.03.